The molecule has 5 atom stereocenters. The van der Waals surface area contributed by atoms with Crippen molar-refractivity contribution in [2.24, 2.45) is 5.92 Å². The van der Waals surface area contributed by atoms with Crippen LogP contribution in [0.15, 0.2) is 12.3 Å². The largest absolute Gasteiger partial charge is 0.485 e. The number of alkyl halides is 3. The van der Waals surface area contributed by atoms with Gasteiger partial charge in [0.1, 0.15) is 0 Å². The number of amides is 1. The van der Waals surface area contributed by atoms with Crippen LogP contribution in [-0.4, -0.2) is 44.2 Å². The second-order valence-electron chi connectivity index (χ2n) is 6.08. The van der Waals surface area contributed by atoms with Crippen molar-refractivity contribution in [3.8, 4) is 0 Å². The first kappa shape index (κ1) is 19.1. The molecule has 0 aliphatic carbocycles. The fourth-order valence-electron chi connectivity index (χ4n) is 3.00. The maximum Gasteiger partial charge on any atom is 0.485 e. The van der Waals surface area contributed by atoms with Gasteiger partial charge in [-0.15, -0.1) is 0 Å². The number of rotatable bonds is 4. The third-order valence-corrected chi connectivity index (χ3v) is 5.58. The molecule has 0 radical (unpaired) electrons. The molecular weight excluding hydrogens is 349 g/mol. The Balaban J connectivity index is 2.36. The number of nitrogens with one attached hydrogen (secondary N) is 1. The maximum absolute atomic E-state index is 12.7. The van der Waals surface area contributed by atoms with Gasteiger partial charge in [0.05, 0.1) is 18.1 Å². The van der Waals surface area contributed by atoms with Crippen LogP contribution in [-0.2, 0) is 25.3 Å². The first-order chi connectivity index (χ1) is 11.0. The van der Waals surface area contributed by atoms with Crippen molar-refractivity contribution < 1.29 is 31.7 Å². The molecule has 1 saturated heterocycles. The number of halogens is 3. The number of allylic oxidation sites excluding steroid dienone is 1. The molecule has 0 aromatic carbocycles. The van der Waals surface area contributed by atoms with Crippen molar-refractivity contribution >= 4 is 22.7 Å². The van der Waals surface area contributed by atoms with Crippen molar-refractivity contribution in [3.63, 3.8) is 0 Å². The van der Waals surface area contributed by atoms with E-state index in [0.29, 0.717) is 6.42 Å². The van der Waals surface area contributed by atoms with Crippen LogP contribution < -0.4 is 4.72 Å². The molecule has 2 aliphatic heterocycles. The number of hydrogen-bond donors (Lipinski definition) is 1. The minimum atomic E-state index is -4.94. The van der Waals surface area contributed by atoms with Gasteiger partial charge in [0.2, 0.25) is 5.91 Å². The molecule has 6 nitrogen and oxygen atoms in total. The Kier molecular flexibility index (Phi) is 5.22. The molecular formula is C14H19F3N2O4S. The van der Waals surface area contributed by atoms with Gasteiger partial charge in [-0.25, -0.2) is 8.93 Å². The lowest BCUT2D eigenvalue weighted by atomic mass is 9.84. The number of nitrogens with zero attached hydrogens (tertiary/aromatic N) is 1. The molecule has 136 valence electrons. The fourth-order valence-corrected chi connectivity index (χ4v) is 3.80. The lowest BCUT2D eigenvalue weighted by Crippen LogP contribution is -2.61. The van der Waals surface area contributed by atoms with Crippen LogP contribution in [0.2, 0.25) is 0 Å². The van der Waals surface area contributed by atoms with Gasteiger partial charge >= 0.3 is 5.51 Å². The zero-order valence-corrected chi connectivity index (χ0v) is 14.2. The van der Waals surface area contributed by atoms with Crippen LogP contribution >= 0.6 is 0 Å². The van der Waals surface area contributed by atoms with Crippen LogP contribution in [0.4, 0.5) is 13.2 Å². The summed E-state index contributed by atoms with van der Waals surface area (Å²) in [5, 5.41) is 0. The van der Waals surface area contributed by atoms with Crippen LogP contribution in [0, 0.1) is 5.92 Å². The minimum Gasteiger partial charge on any atom is -0.352 e. The second-order valence-corrected chi connectivity index (χ2v) is 7.29. The van der Waals surface area contributed by atoms with Crippen molar-refractivity contribution in [1.29, 1.82) is 0 Å². The van der Waals surface area contributed by atoms with E-state index in [2.05, 4.69) is 4.72 Å². The van der Waals surface area contributed by atoms with Gasteiger partial charge in [0.15, 0.2) is 23.0 Å². The molecule has 1 unspecified atom stereocenters. The van der Waals surface area contributed by atoms with Gasteiger partial charge in [0, 0.05) is 12.1 Å². The zero-order valence-electron chi connectivity index (χ0n) is 13.4. The maximum atomic E-state index is 12.7. The average Bonchev–Trinajstić information content (AvgIpc) is 2.70. The summed E-state index contributed by atoms with van der Waals surface area (Å²) in [6.07, 6.45) is 1.01. The smallest absolute Gasteiger partial charge is 0.352 e. The van der Waals surface area contributed by atoms with Crippen LogP contribution in [0.3, 0.4) is 0 Å². The van der Waals surface area contributed by atoms with E-state index in [4.69, 9.17) is 4.74 Å². The van der Waals surface area contributed by atoms with E-state index in [1.165, 1.54) is 19.2 Å². The van der Waals surface area contributed by atoms with E-state index in [0.717, 1.165) is 4.90 Å². The summed E-state index contributed by atoms with van der Waals surface area (Å²) in [6.45, 7) is 4.93. The third-order valence-electron chi connectivity index (χ3n) is 4.53. The summed E-state index contributed by atoms with van der Waals surface area (Å²) in [7, 11) is -3.31. The Morgan fingerprint density at radius 2 is 2.08 bits per heavy atom. The highest BCUT2D eigenvalue weighted by molar-refractivity contribution is 7.84. The van der Waals surface area contributed by atoms with Crippen LogP contribution in [0.5, 0.6) is 0 Å². The highest BCUT2D eigenvalue weighted by Gasteiger charge is 2.56. The standard InChI is InChI=1S/C14H19F3N2O4S/c1-4-10-8(2)13(3,18-24(22)14(15,16)17)12(23-10)19-6-5-9(20)7-11(19)21/h5-6,8,10,12,18H,4,7H2,1-3H3/t8-,10-,12-,13-,24?/m1/s1. The molecule has 1 N–H and O–H groups in total. The molecule has 1 amide bonds. The topological polar surface area (TPSA) is 75.7 Å². The zero-order chi connectivity index (χ0) is 18.3. The summed E-state index contributed by atoms with van der Waals surface area (Å²) >= 11 is 0. The van der Waals surface area contributed by atoms with E-state index in [-0.39, 0.29) is 12.2 Å². The minimum absolute atomic E-state index is 0.375. The highest BCUT2D eigenvalue weighted by atomic mass is 32.2. The Labute approximate surface area is 140 Å². The fraction of sp³-hybridized carbons (Fsp3) is 0.714. The molecule has 1 fully saturated rings. The first-order valence-corrected chi connectivity index (χ1v) is 8.59. The molecule has 0 aromatic heterocycles. The number of ketones is 1. The molecule has 24 heavy (non-hydrogen) atoms. The number of carbonyl (C=O) groups excluding carboxylic acids is 2. The average molecular weight is 368 g/mol. The monoisotopic (exact) mass is 368 g/mol. The van der Waals surface area contributed by atoms with E-state index in [1.54, 1.807) is 6.92 Å². The lowest BCUT2D eigenvalue weighted by molar-refractivity contribution is -0.145. The van der Waals surface area contributed by atoms with Gasteiger partial charge in [-0.2, -0.15) is 13.2 Å². The molecule has 2 heterocycles. The highest BCUT2D eigenvalue weighted by Crippen LogP contribution is 2.41. The van der Waals surface area contributed by atoms with Crippen molar-refractivity contribution in [2.45, 2.75) is 57.0 Å². The molecule has 0 saturated carbocycles. The summed E-state index contributed by atoms with van der Waals surface area (Å²) in [5.74, 6) is -1.40. The molecule has 2 rings (SSSR count). The van der Waals surface area contributed by atoms with Gasteiger partial charge in [-0.3, -0.25) is 14.5 Å². The molecule has 10 heteroatoms. The van der Waals surface area contributed by atoms with Crippen LogP contribution in [0.25, 0.3) is 0 Å². The molecule has 0 spiro atoms. The predicted molar refractivity (Wildman–Crippen MR) is 79.5 cm³/mol. The summed E-state index contributed by atoms with van der Waals surface area (Å²) in [4.78, 5) is 24.5. The number of hydrogen-bond acceptors (Lipinski definition) is 4. The van der Waals surface area contributed by atoms with Crippen molar-refractivity contribution in [2.75, 3.05) is 0 Å². The Morgan fingerprint density at radius 1 is 1.46 bits per heavy atom. The van der Waals surface area contributed by atoms with E-state index in [1.807, 2.05) is 6.92 Å². The lowest BCUT2D eigenvalue weighted by Gasteiger charge is -2.39. The summed E-state index contributed by atoms with van der Waals surface area (Å²) in [6, 6.07) is 0. The molecule has 0 bridgehead atoms. The number of carbonyl (C=O) groups is 2. The SMILES string of the molecule is CC[C@H]1O[C@@H](N2C=CC(=O)CC2=O)[C@](C)(NS(=O)C(F)(F)F)[C@@H]1C. The van der Waals surface area contributed by atoms with Gasteiger partial charge in [-0.05, 0) is 19.4 Å². The quantitative estimate of drug-likeness (QED) is 0.765. The Morgan fingerprint density at radius 3 is 2.58 bits per heavy atom. The second kappa shape index (κ2) is 6.57. The Hall–Kier alpha value is -1.26. The van der Waals surface area contributed by atoms with Crippen molar-refractivity contribution in [3.05, 3.63) is 12.3 Å². The molecule has 0 aromatic rings. The van der Waals surface area contributed by atoms with E-state index < -0.39 is 46.2 Å². The normalized spacial score (nSPS) is 35.6. The van der Waals surface area contributed by atoms with Gasteiger partial charge < -0.3 is 4.74 Å². The van der Waals surface area contributed by atoms with E-state index >= 15 is 0 Å². The number of ether oxygens (including phenoxy) is 1. The van der Waals surface area contributed by atoms with E-state index in [9.17, 15) is 27.0 Å². The Bertz CT molecular complexity index is 595. The summed E-state index contributed by atoms with van der Waals surface area (Å²) in [5.41, 5.74) is -6.34. The van der Waals surface area contributed by atoms with Crippen LogP contribution in [0.1, 0.15) is 33.6 Å². The summed E-state index contributed by atoms with van der Waals surface area (Å²) < 4.78 is 57.6. The van der Waals surface area contributed by atoms with Gasteiger partial charge in [-0.1, -0.05) is 13.8 Å². The third kappa shape index (κ3) is 3.40. The first-order valence-electron chi connectivity index (χ1n) is 7.44. The van der Waals surface area contributed by atoms with Crippen molar-refractivity contribution in [1.82, 2.24) is 9.62 Å². The van der Waals surface area contributed by atoms with Gasteiger partial charge in [0.25, 0.3) is 0 Å². The molecule has 2 aliphatic rings. The predicted octanol–water partition coefficient (Wildman–Crippen LogP) is 1.60.